The highest BCUT2D eigenvalue weighted by Crippen LogP contribution is 1.64. The summed E-state index contributed by atoms with van der Waals surface area (Å²) in [6, 6.07) is 0. The molecule has 0 fully saturated rings. The van der Waals surface area contributed by atoms with Gasteiger partial charge in [-0.15, -0.1) is 37.2 Å². The predicted molar refractivity (Wildman–Crippen MR) is 47.7 cm³/mol. The summed E-state index contributed by atoms with van der Waals surface area (Å²) in [4.78, 5) is 10.1. The van der Waals surface area contributed by atoms with E-state index in [-0.39, 0.29) is 49.7 Å². The normalized spacial score (nSPS) is 5.80. The van der Waals surface area contributed by atoms with Crippen molar-refractivity contribution < 1.29 is 9.53 Å². The summed E-state index contributed by atoms with van der Waals surface area (Å²) in [5, 5.41) is 2.64. The van der Waals surface area contributed by atoms with E-state index in [0.29, 0.717) is 0 Å². The third-order valence-electron chi connectivity index (χ3n) is 0.549. The van der Waals surface area contributed by atoms with Crippen molar-refractivity contribution in [2.45, 2.75) is 0 Å². The molecule has 66 valence electrons. The molecule has 0 unspecified atom stereocenters. The fraction of sp³-hybridized carbons (Fsp3) is 0.750. The van der Waals surface area contributed by atoms with Crippen LogP contribution in [-0.2, 0) is 9.53 Å². The number of ether oxygens (including phenoxy) is 1. The van der Waals surface area contributed by atoms with Crippen LogP contribution in [0.25, 0.3) is 0 Å². The summed E-state index contributed by atoms with van der Waals surface area (Å²) >= 11 is 0. The van der Waals surface area contributed by atoms with Crippen LogP contribution >= 0.6 is 37.2 Å². The van der Waals surface area contributed by atoms with E-state index in [1.165, 1.54) is 7.11 Å². The summed E-state index contributed by atoms with van der Waals surface area (Å²) in [6.07, 6.45) is 0. The lowest BCUT2D eigenvalue weighted by molar-refractivity contribution is -0.139. The van der Waals surface area contributed by atoms with Crippen LogP contribution in [0.5, 0.6) is 0 Å². The van der Waals surface area contributed by atoms with Gasteiger partial charge in [-0.1, -0.05) is 0 Å². The van der Waals surface area contributed by atoms with Crippen LogP contribution in [-0.4, -0.2) is 26.7 Å². The van der Waals surface area contributed by atoms with Crippen LogP contribution in [0.3, 0.4) is 0 Å². The van der Waals surface area contributed by atoms with Gasteiger partial charge in [-0.05, 0) is 7.05 Å². The van der Waals surface area contributed by atoms with Crippen LogP contribution in [0.15, 0.2) is 0 Å². The maximum atomic E-state index is 10.1. The Hall–Kier alpha value is 0.300. The predicted octanol–water partition coefficient (Wildman–Crippen LogP) is 0.644. The van der Waals surface area contributed by atoms with Gasteiger partial charge in [0.25, 0.3) is 0 Å². The van der Waals surface area contributed by atoms with Gasteiger partial charge in [0.05, 0.1) is 13.7 Å². The first-order valence-corrected chi connectivity index (χ1v) is 2.02. The van der Waals surface area contributed by atoms with Crippen molar-refractivity contribution in [3.63, 3.8) is 0 Å². The Labute approximate surface area is 79.1 Å². The van der Waals surface area contributed by atoms with Crippen molar-refractivity contribution in [1.82, 2.24) is 5.32 Å². The molecule has 0 aromatic rings. The summed E-state index contributed by atoms with van der Waals surface area (Å²) in [6.45, 7) is 0.288. The monoisotopic (exact) mass is 211 g/mol. The maximum absolute atomic E-state index is 10.1. The fourth-order valence-corrected chi connectivity index (χ4v) is 0.217. The smallest absolute Gasteiger partial charge is 0.319 e. The largest absolute Gasteiger partial charge is 0.468 e. The summed E-state index contributed by atoms with van der Waals surface area (Å²) < 4.78 is 4.29. The highest BCUT2D eigenvalue weighted by molar-refractivity contribution is 5.86. The molecule has 0 rings (SSSR count). The third kappa shape index (κ3) is 15.7. The number of rotatable bonds is 2. The molecule has 0 bridgehead atoms. The first-order valence-electron chi connectivity index (χ1n) is 2.02. The molecule has 0 aliphatic carbocycles. The van der Waals surface area contributed by atoms with Crippen molar-refractivity contribution in [1.29, 1.82) is 0 Å². The zero-order valence-corrected chi connectivity index (χ0v) is 8.20. The second-order valence-corrected chi connectivity index (χ2v) is 1.11. The van der Waals surface area contributed by atoms with E-state index < -0.39 is 0 Å². The molecule has 0 saturated carbocycles. The molecule has 0 aromatic heterocycles. The van der Waals surface area contributed by atoms with E-state index >= 15 is 0 Å². The number of esters is 1. The zero-order chi connectivity index (χ0) is 5.70. The maximum Gasteiger partial charge on any atom is 0.319 e. The summed E-state index contributed by atoms with van der Waals surface area (Å²) in [5.41, 5.74) is 0. The molecule has 6 heteroatoms. The van der Waals surface area contributed by atoms with Crippen LogP contribution in [0.1, 0.15) is 0 Å². The lowest BCUT2D eigenvalue weighted by Crippen LogP contribution is -2.19. The second kappa shape index (κ2) is 16.1. The zero-order valence-electron chi connectivity index (χ0n) is 5.75. The molecular weight excluding hydrogens is 200 g/mol. The molecule has 0 aliphatic rings. The van der Waals surface area contributed by atoms with Gasteiger partial charge in [0, 0.05) is 0 Å². The van der Waals surface area contributed by atoms with Gasteiger partial charge in [0.15, 0.2) is 0 Å². The van der Waals surface area contributed by atoms with E-state index in [1.807, 2.05) is 0 Å². The van der Waals surface area contributed by atoms with Crippen LogP contribution in [0.2, 0.25) is 0 Å². The van der Waals surface area contributed by atoms with Crippen molar-refractivity contribution in [2.24, 2.45) is 0 Å². The van der Waals surface area contributed by atoms with Crippen molar-refractivity contribution in [2.75, 3.05) is 20.7 Å². The Morgan fingerprint density at radius 3 is 1.90 bits per heavy atom. The molecule has 1 N–H and O–H groups in total. The molecular formula is C4H12Cl3NO2. The Morgan fingerprint density at radius 1 is 1.40 bits per heavy atom. The van der Waals surface area contributed by atoms with Crippen LogP contribution in [0.4, 0.5) is 0 Å². The van der Waals surface area contributed by atoms with Crippen LogP contribution in [0, 0.1) is 0 Å². The molecule has 10 heavy (non-hydrogen) atoms. The van der Waals surface area contributed by atoms with Gasteiger partial charge < -0.3 is 10.1 Å². The standard InChI is InChI=1S/C4H9NO2.3ClH/c1-5-3-4(6)7-2;;;/h5H,3H2,1-2H3;3*1H. The molecule has 0 atom stereocenters. The minimum Gasteiger partial charge on any atom is -0.468 e. The lowest BCUT2D eigenvalue weighted by Gasteiger charge is -1.93. The Morgan fingerprint density at radius 2 is 1.80 bits per heavy atom. The third-order valence-corrected chi connectivity index (χ3v) is 0.549. The first-order chi connectivity index (χ1) is 3.31. The van der Waals surface area contributed by atoms with Crippen LogP contribution < -0.4 is 5.32 Å². The number of methoxy groups -OCH3 is 1. The number of nitrogens with one attached hydrogen (secondary N) is 1. The van der Waals surface area contributed by atoms with E-state index in [4.69, 9.17) is 0 Å². The fourth-order valence-electron chi connectivity index (χ4n) is 0.217. The Balaban J connectivity index is -0.0000000600. The number of carbonyl (C=O) groups excluding carboxylic acids is 1. The van der Waals surface area contributed by atoms with E-state index in [9.17, 15) is 4.79 Å². The molecule has 0 heterocycles. The highest BCUT2D eigenvalue weighted by Gasteiger charge is 1.91. The van der Waals surface area contributed by atoms with Crippen molar-refractivity contribution >= 4 is 43.2 Å². The Bertz CT molecular complexity index is 71.5. The minimum absolute atomic E-state index is 0. The van der Waals surface area contributed by atoms with Gasteiger partial charge in [0.1, 0.15) is 0 Å². The molecule has 0 aromatic carbocycles. The van der Waals surface area contributed by atoms with Gasteiger partial charge in [-0.25, -0.2) is 0 Å². The Kier molecular flexibility index (Phi) is 36.2. The van der Waals surface area contributed by atoms with E-state index in [1.54, 1.807) is 7.05 Å². The average molecular weight is 213 g/mol. The van der Waals surface area contributed by atoms with Gasteiger partial charge >= 0.3 is 5.97 Å². The minimum atomic E-state index is -0.234. The number of halogens is 3. The summed E-state index contributed by atoms with van der Waals surface area (Å²) in [7, 11) is 3.05. The average Bonchev–Trinajstić information content (AvgIpc) is 1.68. The molecule has 0 amide bonds. The number of hydrogen-bond donors (Lipinski definition) is 1. The molecule has 0 aliphatic heterocycles. The summed E-state index contributed by atoms with van der Waals surface area (Å²) in [5.74, 6) is -0.234. The van der Waals surface area contributed by atoms with Crippen molar-refractivity contribution in [3.05, 3.63) is 0 Å². The quantitative estimate of drug-likeness (QED) is 0.683. The van der Waals surface area contributed by atoms with Gasteiger partial charge in [-0.2, -0.15) is 0 Å². The number of carbonyl (C=O) groups is 1. The highest BCUT2D eigenvalue weighted by atomic mass is 35.5. The lowest BCUT2D eigenvalue weighted by atomic mass is 10.7. The topological polar surface area (TPSA) is 38.3 Å². The molecule has 0 saturated heterocycles. The number of hydrogen-bond acceptors (Lipinski definition) is 3. The van der Waals surface area contributed by atoms with E-state index in [2.05, 4.69) is 10.1 Å². The molecule has 0 spiro atoms. The molecule has 0 radical (unpaired) electrons. The molecule has 3 nitrogen and oxygen atoms in total. The van der Waals surface area contributed by atoms with Crippen molar-refractivity contribution in [3.8, 4) is 0 Å². The number of likely N-dealkylation sites (N-methyl/N-ethyl adjacent to an activating group) is 1. The SMILES string of the molecule is CNCC(=O)OC.Cl.Cl.Cl. The van der Waals surface area contributed by atoms with Gasteiger partial charge in [0.2, 0.25) is 0 Å². The van der Waals surface area contributed by atoms with Gasteiger partial charge in [-0.3, -0.25) is 4.79 Å². The second-order valence-electron chi connectivity index (χ2n) is 1.11. The first kappa shape index (κ1) is 22.4. The van der Waals surface area contributed by atoms with E-state index in [0.717, 1.165) is 0 Å².